The Hall–Kier alpha value is 0.494. The molecule has 0 spiro atoms. The summed E-state index contributed by atoms with van der Waals surface area (Å²) >= 11 is 0. The fraction of sp³-hybridized carbons (Fsp3) is 1.00. The molecule has 0 aromatic heterocycles. The Morgan fingerprint density at radius 1 is 0.714 bits per heavy atom. The molecule has 0 aliphatic carbocycles. The van der Waals surface area contributed by atoms with Crippen molar-refractivity contribution in [2.45, 2.75) is 40.5 Å². The molecule has 0 aromatic carbocycles. The molecule has 7 heavy (non-hydrogen) atoms. The van der Waals surface area contributed by atoms with E-state index in [2.05, 4.69) is 27.7 Å². The molecule has 0 fully saturated rings. The van der Waals surface area contributed by atoms with Crippen LogP contribution >= 0.6 is 0 Å². The second kappa shape index (κ2) is 31.5. The maximum atomic E-state index is 2.12. The average Bonchev–Trinajstić information content (AvgIpc) is 1.39. The van der Waals surface area contributed by atoms with E-state index in [-0.39, 0.29) is 16.5 Å². The van der Waals surface area contributed by atoms with Gasteiger partial charge >= 0.3 is 0 Å². The zero-order chi connectivity index (χ0) is 5.41. The van der Waals surface area contributed by atoms with E-state index in [1.54, 1.807) is 0 Å². The maximum absolute atomic E-state index is 2.12. The molecule has 0 saturated heterocycles. The summed E-state index contributed by atoms with van der Waals surface area (Å²) in [5.41, 5.74) is 0. The summed E-state index contributed by atoms with van der Waals surface area (Å²) in [5, 5.41) is 0. The van der Waals surface area contributed by atoms with Gasteiger partial charge in [0.15, 0.2) is 0 Å². The molecule has 0 aliphatic rings. The Morgan fingerprint density at radius 2 is 0.714 bits per heavy atom. The standard InChI is InChI=1S/2C3H8.Ni/c2*1-3-2;/h2*3H2,1-2H3;. The first-order valence-electron chi connectivity index (χ1n) is 2.83. The van der Waals surface area contributed by atoms with E-state index in [9.17, 15) is 0 Å². The first-order valence-corrected chi connectivity index (χ1v) is 2.83. The zero-order valence-corrected chi connectivity index (χ0v) is 6.72. The van der Waals surface area contributed by atoms with Crippen LogP contribution in [0.5, 0.6) is 0 Å². The van der Waals surface area contributed by atoms with Crippen LogP contribution in [0.1, 0.15) is 40.5 Å². The summed E-state index contributed by atoms with van der Waals surface area (Å²) < 4.78 is 0. The van der Waals surface area contributed by atoms with Gasteiger partial charge in [0.1, 0.15) is 0 Å². The van der Waals surface area contributed by atoms with Crippen LogP contribution in [-0.4, -0.2) is 0 Å². The molecule has 50 valence electrons. The molecule has 0 unspecified atom stereocenters. The van der Waals surface area contributed by atoms with Crippen molar-refractivity contribution in [3.8, 4) is 0 Å². The predicted molar refractivity (Wildman–Crippen MR) is 31.9 cm³/mol. The van der Waals surface area contributed by atoms with E-state index in [0.717, 1.165) is 0 Å². The Bertz CT molecular complexity index is 6.14. The number of hydrogen-bond acceptors (Lipinski definition) is 0. The quantitative estimate of drug-likeness (QED) is 0.462. The van der Waals surface area contributed by atoms with E-state index in [1.165, 1.54) is 12.8 Å². The van der Waals surface area contributed by atoms with Gasteiger partial charge in [-0.15, -0.1) is 0 Å². The summed E-state index contributed by atoms with van der Waals surface area (Å²) in [5.74, 6) is 0. The molecule has 0 rings (SSSR count). The van der Waals surface area contributed by atoms with Gasteiger partial charge in [-0.3, -0.25) is 0 Å². The van der Waals surface area contributed by atoms with Crippen LogP contribution in [0.3, 0.4) is 0 Å². The molecule has 0 amide bonds. The largest absolute Gasteiger partial charge is 0.0656 e. The van der Waals surface area contributed by atoms with E-state index < -0.39 is 0 Å². The van der Waals surface area contributed by atoms with Gasteiger partial charge in [-0.25, -0.2) is 0 Å². The zero-order valence-electron chi connectivity index (χ0n) is 5.73. The average molecular weight is 147 g/mol. The van der Waals surface area contributed by atoms with Crippen molar-refractivity contribution in [2.24, 2.45) is 0 Å². The topological polar surface area (TPSA) is 0 Å². The molecular formula is C6H16Ni. The van der Waals surface area contributed by atoms with Gasteiger partial charge in [-0.05, 0) is 0 Å². The minimum atomic E-state index is 0. The Labute approximate surface area is 57.6 Å². The second-order valence-electron chi connectivity index (χ2n) is 1.41. The van der Waals surface area contributed by atoms with Crippen molar-refractivity contribution in [3.05, 3.63) is 0 Å². The normalized spacial score (nSPS) is 5.14. The van der Waals surface area contributed by atoms with Crippen LogP contribution in [0.4, 0.5) is 0 Å². The van der Waals surface area contributed by atoms with Crippen LogP contribution in [0, 0.1) is 0 Å². The van der Waals surface area contributed by atoms with E-state index in [1.807, 2.05) is 0 Å². The van der Waals surface area contributed by atoms with Crippen molar-refractivity contribution in [2.75, 3.05) is 0 Å². The van der Waals surface area contributed by atoms with Crippen molar-refractivity contribution in [1.29, 1.82) is 0 Å². The fourth-order valence-corrected chi connectivity index (χ4v) is 0. The first-order chi connectivity index (χ1) is 2.83. The predicted octanol–water partition coefficient (Wildman–Crippen LogP) is 2.83. The molecule has 1 heteroatoms. The van der Waals surface area contributed by atoms with Gasteiger partial charge < -0.3 is 0 Å². The molecule has 0 aliphatic heterocycles. The van der Waals surface area contributed by atoms with E-state index in [0.29, 0.717) is 0 Å². The van der Waals surface area contributed by atoms with Crippen LogP contribution in [-0.2, 0) is 16.5 Å². The SMILES string of the molecule is CCC.CCC.[Ni]. The first kappa shape index (κ1) is 15.6. The third-order valence-electron chi connectivity index (χ3n) is 0. The Morgan fingerprint density at radius 3 is 0.714 bits per heavy atom. The van der Waals surface area contributed by atoms with Crippen LogP contribution in [0.2, 0.25) is 0 Å². The minimum absolute atomic E-state index is 0. The smallest absolute Gasteiger partial charge is 0 e. The Kier molecular flexibility index (Phi) is 70.5. The van der Waals surface area contributed by atoms with Crippen LogP contribution in [0.25, 0.3) is 0 Å². The minimum Gasteiger partial charge on any atom is -0.0656 e. The van der Waals surface area contributed by atoms with Crippen molar-refractivity contribution in [3.63, 3.8) is 0 Å². The van der Waals surface area contributed by atoms with Gasteiger partial charge in [0.25, 0.3) is 0 Å². The number of hydrogen-bond donors (Lipinski definition) is 0. The van der Waals surface area contributed by atoms with Gasteiger partial charge in [-0.2, -0.15) is 0 Å². The summed E-state index contributed by atoms with van der Waals surface area (Å²) in [6.45, 7) is 8.50. The summed E-state index contributed by atoms with van der Waals surface area (Å²) in [4.78, 5) is 0. The van der Waals surface area contributed by atoms with Crippen molar-refractivity contribution in [1.82, 2.24) is 0 Å². The van der Waals surface area contributed by atoms with Crippen molar-refractivity contribution < 1.29 is 16.5 Å². The fourth-order valence-electron chi connectivity index (χ4n) is 0. The molecular weight excluding hydrogens is 131 g/mol. The van der Waals surface area contributed by atoms with Crippen LogP contribution in [0.15, 0.2) is 0 Å². The molecule has 0 N–H and O–H groups in total. The molecule has 0 aromatic rings. The Balaban J connectivity index is -0.0000000400. The molecule has 0 saturated carbocycles. The van der Waals surface area contributed by atoms with Gasteiger partial charge in [0.2, 0.25) is 0 Å². The molecule has 0 bridgehead atoms. The monoisotopic (exact) mass is 146 g/mol. The van der Waals surface area contributed by atoms with Crippen LogP contribution < -0.4 is 0 Å². The van der Waals surface area contributed by atoms with Gasteiger partial charge in [0, 0.05) is 16.5 Å². The summed E-state index contributed by atoms with van der Waals surface area (Å²) in [6.07, 6.45) is 2.50. The van der Waals surface area contributed by atoms with Gasteiger partial charge in [-0.1, -0.05) is 40.5 Å². The second-order valence-corrected chi connectivity index (χ2v) is 1.41. The number of rotatable bonds is 0. The van der Waals surface area contributed by atoms with Gasteiger partial charge in [0.05, 0.1) is 0 Å². The summed E-state index contributed by atoms with van der Waals surface area (Å²) in [7, 11) is 0. The maximum Gasteiger partial charge on any atom is 0 e. The molecule has 0 heterocycles. The third kappa shape index (κ3) is 538. The summed E-state index contributed by atoms with van der Waals surface area (Å²) in [6, 6.07) is 0. The molecule has 0 atom stereocenters. The van der Waals surface area contributed by atoms with Crippen molar-refractivity contribution >= 4 is 0 Å². The molecule has 0 radical (unpaired) electrons. The third-order valence-corrected chi connectivity index (χ3v) is 0. The van der Waals surface area contributed by atoms with E-state index in [4.69, 9.17) is 0 Å². The molecule has 0 nitrogen and oxygen atoms in total. The van der Waals surface area contributed by atoms with E-state index >= 15 is 0 Å².